The fourth-order valence-electron chi connectivity index (χ4n) is 1.48. The van der Waals surface area contributed by atoms with Crippen LogP contribution in [0.15, 0.2) is 0 Å². The summed E-state index contributed by atoms with van der Waals surface area (Å²) < 4.78 is 0. The van der Waals surface area contributed by atoms with Gasteiger partial charge in [0.1, 0.15) is 0 Å². The van der Waals surface area contributed by atoms with Gasteiger partial charge in [0.15, 0.2) is 0 Å². The van der Waals surface area contributed by atoms with Crippen LogP contribution in [-0.4, -0.2) is 18.5 Å². The molecule has 0 aliphatic heterocycles. The molecule has 0 bridgehead atoms. The minimum atomic E-state index is 0.530. The second-order valence-corrected chi connectivity index (χ2v) is 3.96. The Bertz CT molecular complexity index is 140. The van der Waals surface area contributed by atoms with Gasteiger partial charge in [0.05, 0.1) is 0 Å². The van der Waals surface area contributed by atoms with Crippen molar-refractivity contribution in [1.82, 2.24) is 5.32 Å². The summed E-state index contributed by atoms with van der Waals surface area (Å²) >= 11 is 0. The Balaban J connectivity index is 0.000000132. The smallest absolute Gasteiger partial charge is 0.207 e. The molecule has 0 heterocycles. The molecule has 76 valence electrons. The first-order chi connectivity index (χ1) is 6.33. The molecule has 2 rings (SSSR count). The van der Waals surface area contributed by atoms with Crippen LogP contribution in [0.3, 0.4) is 0 Å². The summed E-state index contributed by atoms with van der Waals surface area (Å²) in [6.07, 6.45) is 9.78. The van der Waals surface area contributed by atoms with E-state index in [0.29, 0.717) is 12.1 Å². The lowest BCUT2D eigenvalue weighted by molar-refractivity contribution is -0.109. The first kappa shape index (κ1) is 10.5. The molecule has 0 aromatic rings. The van der Waals surface area contributed by atoms with Gasteiger partial charge in [-0.05, 0) is 25.7 Å². The zero-order chi connectivity index (χ0) is 9.52. The predicted molar refractivity (Wildman–Crippen MR) is 53.3 cm³/mol. The van der Waals surface area contributed by atoms with Crippen LogP contribution in [0.2, 0.25) is 0 Å². The summed E-state index contributed by atoms with van der Waals surface area (Å²) in [7, 11) is 0. The van der Waals surface area contributed by atoms with E-state index in [1.807, 2.05) is 0 Å². The van der Waals surface area contributed by atoms with E-state index < -0.39 is 0 Å². The van der Waals surface area contributed by atoms with E-state index in [1.54, 1.807) is 0 Å². The van der Waals surface area contributed by atoms with Gasteiger partial charge in [-0.2, -0.15) is 0 Å². The van der Waals surface area contributed by atoms with E-state index in [1.165, 1.54) is 44.9 Å². The number of rotatable bonds is 2. The number of nitrogens with one attached hydrogen (secondary N) is 1. The first-order valence-corrected chi connectivity index (χ1v) is 5.28. The molecule has 0 aromatic heterocycles. The minimum absolute atomic E-state index is 0.530. The molecule has 3 heteroatoms. The number of hydrogen-bond donors (Lipinski definition) is 2. The largest absolute Gasteiger partial charge is 0.356 e. The maximum Gasteiger partial charge on any atom is 0.207 e. The van der Waals surface area contributed by atoms with E-state index in [-0.39, 0.29) is 0 Å². The third-order valence-corrected chi connectivity index (χ3v) is 2.53. The van der Waals surface area contributed by atoms with E-state index in [9.17, 15) is 4.79 Å². The summed E-state index contributed by atoms with van der Waals surface area (Å²) in [5.41, 5.74) is 5.63. The van der Waals surface area contributed by atoms with Gasteiger partial charge in [-0.25, -0.2) is 0 Å². The zero-order valence-electron chi connectivity index (χ0n) is 8.17. The molecule has 0 atom stereocenters. The molecule has 13 heavy (non-hydrogen) atoms. The van der Waals surface area contributed by atoms with Crippen LogP contribution in [0.25, 0.3) is 0 Å². The number of carbonyl (C=O) groups excluding carboxylic acids is 1. The van der Waals surface area contributed by atoms with Crippen LogP contribution >= 0.6 is 0 Å². The monoisotopic (exact) mass is 184 g/mol. The highest BCUT2D eigenvalue weighted by Crippen LogP contribution is 2.17. The Morgan fingerprint density at radius 2 is 1.69 bits per heavy atom. The van der Waals surface area contributed by atoms with E-state index in [0.717, 1.165) is 6.41 Å². The predicted octanol–water partition coefficient (Wildman–Crippen LogP) is 1.17. The third kappa shape index (κ3) is 5.64. The van der Waals surface area contributed by atoms with E-state index >= 15 is 0 Å². The molecule has 0 radical (unpaired) electrons. The van der Waals surface area contributed by atoms with Gasteiger partial charge < -0.3 is 11.1 Å². The van der Waals surface area contributed by atoms with Crippen LogP contribution < -0.4 is 11.1 Å². The van der Waals surface area contributed by atoms with Gasteiger partial charge in [-0.3, -0.25) is 4.79 Å². The number of carbonyl (C=O) groups is 1. The number of hydrogen-bond acceptors (Lipinski definition) is 2. The van der Waals surface area contributed by atoms with Crippen LogP contribution in [-0.2, 0) is 4.79 Å². The van der Waals surface area contributed by atoms with Crippen molar-refractivity contribution in [1.29, 1.82) is 0 Å². The van der Waals surface area contributed by atoms with Gasteiger partial charge in [-0.15, -0.1) is 0 Å². The molecule has 3 N–H and O–H groups in total. The Morgan fingerprint density at radius 3 is 1.92 bits per heavy atom. The maximum atomic E-state index is 9.54. The average Bonchev–Trinajstić information content (AvgIpc) is 2.91. The number of nitrogens with two attached hydrogens (primary N) is 1. The van der Waals surface area contributed by atoms with E-state index in [4.69, 9.17) is 5.73 Å². The standard InChI is InChI=1S/C6H13N.C4H7NO/c7-6-4-2-1-3-5-6;6-3-5-4-1-2-4/h6H,1-5,7H2;3-4H,1-2H2,(H,5,6). The summed E-state index contributed by atoms with van der Waals surface area (Å²) in [5.74, 6) is 0. The van der Waals surface area contributed by atoms with Gasteiger partial charge >= 0.3 is 0 Å². The fraction of sp³-hybridized carbons (Fsp3) is 0.900. The van der Waals surface area contributed by atoms with Crippen molar-refractivity contribution in [3.63, 3.8) is 0 Å². The highest BCUT2D eigenvalue weighted by atomic mass is 16.1. The quantitative estimate of drug-likeness (QED) is 0.633. The topological polar surface area (TPSA) is 55.1 Å². The van der Waals surface area contributed by atoms with Crippen molar-refractivity contribution >= 4 is 6.41 Å². The zero-order valence-corrected chi connectivity index (χ0v) is 8.17. The second kappa shape index (κ2) is 5.97. The van der Waals surface area contributed by atoms with E-state index in [2.05, 4.69) is 5.32 Å². The Labute approximate surface area is 80.1 Å². The summed E-state index contributed by atoms with van der Waals surface area (Å²) in [6, 6.07) is 1.07. The third-order valence-electron chi connectivity index (χ3n) is 2.53. The molecular weight excluding hydrogens is 164 g/mol. The fourth-order valence-corrected chi connectivity index (χ4v) is 1.48. The molecule has 2 saturated carbocycles. The van der Waals surface area contributed by atoms with Gasteiger partial charge in [0.2, 0.25) is 6.41 Å². The molecule has 2 fully saturated rings. The summed E-state index contributed by atoms with van der Waals surface area (Å²) in [6.45, 7) is 0. The molecule has 0 spiro atoms. The Hall–Kier alpha value is -0.570. The molecule has 0 unspecified atom stereocenters. The van der Waals surface area contributed by atoms with Crippen molar-refractivity contribution in [2.75, 3.05) is 0 Å². The van der Waals surface area contributed by atoms with Gasteiger partial charge in [0.25, 0.3) is 0 Å². The molecule has 1 amide bonds. The lowest BCUT2D eigenvalue weighted by Crippen LogP contribution is -2.22. The highest BCUT2D eigenvalue weighted by Gasteiger charge is 2.18. The van der Waals surface area contributed by atoms with Crippen LogP contribution in [0.4, 0.5) is 0 Å². The molecule has 0 aromatic carbocycles. The SMILES string of the molecule is NC1CCCCC1.O=CNC1CC1. The van der Waals surface area contributed by atoms with Crippen molar-refractivity contribution in [2.45, 2.75) is 57.0 Å². The van der Waals surface area contributed by atoms with Crippen molar-refractivity contribution in [3.05, 3.63) is 0 Å². The van der Waals surface area contributed by atoms with Crippen molar-refractivity contribution in [2.24, 2.45) is 5.73 Å². The first-order valence-electron chi connectivity index (χ1n) is 5.28. The number of amides is 1. The van der Waals surface area contributed by atoms with Crippen molar-refractivity contribution in [3.8, 4) is 0 Å². The summed E-state index contributed by atoms with van der Waals surface area (Å²) in [4.78, 5) is 9.54. The molecule has 2 aliphatic carbocycles. The lowest BCUT2D eigenvalue weighted by Gasteiger charge is -2.15. The Morgan fingerprint density at radius 1 is 1.08 bits per heavy atom. The molecular formula is C10H20N2O. The highest BCUT2D eigenvalue weighted by molar-refractivity contribution is 5.47. The van der Waals surface area contributed by atoms with Gasteiger partial charge in [0, 0.05) is 12.1 Å². The molecule has 0 saturated heterocycles. The van der Waals surface area contributed by atoms with Crippen molar-refractivity contribution < 1.29 is 4.79 Å². The van der Waals surface area contributed by atoms with Gasteiger partial charge in [-0.1, -0.05) is 19.3 Å². The maximum absolute atomic E-state index is 9.54. The molecule has 3 nitrogen and oxygen atoms in total. The second-order valence-electron chi connectivity index (χ2n) is 3.96. The normalized spacial score (nSPS) is 22.8. The molecule has 2 aliphatic rings. The lowest BCUT2D eigenvalue weighted by atomic mass is 9.97. The minimum Gasteiger partial charge on any atom is -0.356 e. The van der Waals surface area contributed by atoms with Crippen LogP contribution in [0, 0.1) is 0 Å². The summed E-state index contributed by atoms with van der Waals surface area (Å²) in [5, 5.41) is 2.64. The average molecular weight is 184 g/mol. The van der Waals surface area contributed by atoms with Crippen LogP contribution in [0.5, 0.6) is 0 Å². The Kier molecular flexibility index (Phi) is 4.83. The van der Waals surface area contributed by atoms with Crippen LogP contribution in [0.1, 0.15) is 44.9 Å².